The third kappa shape index (κ3) is 3.84. The second-order valence-electron chi connectivity index (χ2n) is 5.64. The van der Waals surface area contributed by atoms with Crippen molar-refractivity contribution < 1.29 is 0 Å². The van der Waals surface area contributed by atoms with E-state index >= 15 is 0 Å². The maximum absolute atomic E-state index is 6.37. The molecule has 3 heteroatoms. The van der Waals surface area contributed by atoms with Crippen molar-refractivity contribution in [3.05, 3.63) is 18.0 Å². The molecule has 0 aliphatic carbocycles. The van der Waals surface area contributed by atoms with Crippen molar-refractivity contribution in [2.45, 2.75) is 53.6 Å². The lowest BCUT2D eigenvalue weighted by molar-refractivity contribution is 0.237. The Morgan fingerprint density at radius 1 is 1.24 bits per heavy atom. The molecule has 0 saturated heterocycles. The van der Waals surface area contributed by atoms with Gasteiger partial charge in [0.25, 0.3) is 0 Å². The molecule has 1 aromatic heterocycles. The predicted molar refractivity (Wildman–Crippen MR) is 72.7 cm³/mol. The summed E-state index contributed by atoms with van der Waals surface area (Å²) < 4.78 is 1.96. The van der Waals surface area contributed by atoms with Gasteiger partial charge in [-0.3, -0.25) is 4.68 Å². The number of hydrogen-bond acceptors (Lipinski definition) is 2. The molecular weight excluding hydrogens is 210 g/mol. The Hall–Kier alpha value is -0.830. The highest BCUT2D eigenvalue weighted by molar-refractivity contribution is 5.06. The van der Waals surface area contributed by atoms with E-state index in [2.05, 4.69) is 45.9 Å². The van der Waals surface area contributed by atoms with Crippen LogP contribution >= 0.6 is 0 Å². The van der Waals surface area contributed by atoms with Gasteiger partial charge in [0, 0.05) is 18.8 Å². The molecule has 0 aliphatic rings. The van der Waals surface area contributed by atoms with Crippen LogP contribution in [0, 0.1) is 17.8 Å². The van der Waals surface area contributed by atoms with Crippen LogP contribution in [0.4, 0.5) is 0 Å². The van der Waals surface area contributed by atoms with E-state index in [-0.39, 0.29) is 6.04 Å². The number of nitrogens with two attached hydrogens (primary N) is 1. The molecule has 3 nitrogen and oxygen atoms in total. The average molecular weight is 237 g/mol. The molecule has 2 N–H and O–H groups in total. The van der Waals surface area contributed by atoms with E-state index in [9.17, 15) is 0 Å². The molecule has 0 aliphatic heterocycles. The van der Waals surface area contributed by atoms with Gasteiger partial charge in [-0.25, -0.2) is 0 Å². The van der Waals surface area contributed by atoms with Crippen LogP contribution in [0.5, 0.6) is 0 Å². The monoisotopic (exact) mass is 237 g/mol. The Morgan fingerprint density at radius 3 is 2.24 bits per heavy atom. The Bertz CT molecular complexity index is 320. The van der Waals surface area contributed by atoms with Crippen LogP contribution < -0.4 is 5.73 Å². The highest BCUT2D eigenvalue weighted by Crippen LogP contribution is 2.25. The third-order valence-electron chi connectivity index (χ3n) is 3.52. The quantitative estimate of drug-likeness (QED) is 0.826. The van der Waals surface area contributed by atoms with E-state index in [0.29, 0.717) is 17.8 Å². The molecule has 1 atom stereocenters. The van der Waals surface area contributed by atoms with Crippen molar-refractivity contribution in [1.29, 1.82) is 0 Å². The fraction of sp³-hybridized carbons (Fsp3) is 0.786. The molecule has 0 spiro atoms. The largest absolute Gasteiger partial charge is 0.327 e. The topological polar surface area (TPSA) is 43.8 Å². The van der Waals surface area contributed by atoms with Crippen LogP contribution in [0.2, 0.25) is 0 Å². The molecule has 0 bridgehead atoms. The average Bonchev–Trinajstić information content (AvgIpc) is 2.64. The molecule has 1 rings (SSSR count). The van der Waals surface area contributed by atoms with Gasteiger partial charge in [-0.05, 0) is 36.7 Å². The molecule has 17 heavy (non-hydrogen) atoms. The summed E-state index contributed by atoms with van der Waals surface area (Å²) in [5.41, 5.74) is 7.62. The summed E-state index contributed by atoms with van der Waals surface area (Å²) in [4.78, 5) is 0. The first-order valence-electron chi connectivity index (χ1n) is 6.72. The van der Waals surface area contributed by atoms with Gasteiger partial charge in [-0.2, -0.15) is 5.10 Å². The summed E-state index contributed by atoms with van der Waals surface area (Å²) in [6.07, 6.45) is 4.99. The number of aryl methyl sites for hydroxylation is 1. The number of hydrogen-bond donors (Lipinski definition) is 1. The normalized spacial score (nSPS) is 13.9. The lowest BCUT2D eigenvalue weighted by Gasteiger charge is -2.30. The van der Waals surface area contributed by atoms with Crippen molar-refractivity contribution in [2.24, 2.45) is 23.5 Å². The minimum atomic E-state index is 0.226. The van der Waals surface area contributed by atoms with Crippen molar-refractivity contribution in [3.8, 4) is 0 Å². The van der Waals surface area contributed by atoms with E-state index in [0.717, 1.165) is 13.0 Å². The first-order valence-corrected chi connectivity index (χ1v) is 6.72. The van der Waals surface area contributed by atoms with Crippen LogP contribution in [0.15, 0.2) is 12.4 Å². The van der Waals surface area contributed by atoms with Gasteiger partial charge in [0.15, 0.2) is 0 Å². The highest BCUT2D eigenvalue weighted by atomic mass is 15.3. The maximum Gasteiger partial charge on any atom is 0.0522 e. The van der Waals surface area contributed by atoms with Gasteiger partial charge in [0.05, 0.1) is 6.20 Å². The van der Waals surface area contributed by atoms with Crippen LogP contribution in [0.3, 0.4) is 0 Å². The zero-order chi connectivity index (χ0) is 13.0. The van der Waals surface area contributed by atoms with Crippen LogP contribution in [0.1, 0.15) is 40.2 Å². The van der Waals surface area contributed by atoms with Crippen molar-refractivity contribution in [3.63, 3.8) is 0 Å². The smallest absolute Gasteiger partial charge is 0.0522 e. The molecule has 0 amide bonds. The first-order chi connectivity index (χ1) is 7.95. The summed E-state index contributed by atoms with van der Waals surface area (Å²) >= 11 is 0. The predicted octanol–water partition coefficient (Wildman–Crippen LogP) is 2.70. The zero-order valence-corrected chi connectivity index (χ0v) is 11.9. The van der Waals surface area contributed by atoms with Crippen molar-refractivity contribution in [2.75, 3.05) is 0 Å². The van der Waals surface area contributed by atoms with Crippen molar-refractivity contribution in [1.82, 2.24) is 9.78 Å². The molecule has 98 valence electrons. The summed E-state index contributed by atoms with van der Waals surface area (Å²) in [5.74, 6) is 1.83. The second-order valence-corrected chi connectivity index (χ2v) is 5.64. The van der Waals surface area contributed by atoms with Gasteiger partial charge in [0.1, 0.15) is 0 Å². The van der Waals surface area contributed by atoms with E-state index < -0.39 is 0 Å². The SMILES string of the molecule is CCn1cc(CC(N)C(C(C)C)C(C)C)cn1. The Morgan fingerprint density at radius 2 is 1.82 bits per heavy atom. The summed E-state index contributed by atoms with van der Waals surface area (Å²) in [6.45, 7) is 12.1. The first kappa shape index (κ1) is 14.2. The highest BCUT2D eigenvalue weighted by Gasteiger charge is 2.24. The van der Waals surface area contributed by atoms with E-state index in [1.165, 1.54) is 5.56 Å². The molecule has 1 unspecified atom stereocenters. The van der Waals surface area contributed by atoms with Gasteiger partial charge < -0.3 is 5.73 Å². The molecule has 0 aromatic carbocycles. The third-order valence-corrected chi connectivity index (χ3v) is 3.52. The second kappa shape index (κ2) is 6.20. The summed E-state index contributed by atoms with van der Waals surface area (Å²) in [6, 6.07) is 0.226. The molecule has 0 saturated carbocycles. The Kier molecular flexibility index (Phi) is 5.19. The molecule has 0 radical (unpaired) electrons. The minimum absolute atomic E-state index is 0.226. The maximum atomic E-state index is 6.37. The van der Waals surface area contributed by atoms with E-state index in [1.54, 1.807) is 0 Å². The van der Waals surface area contributed by atoms with Crippen LogP contribution in [-0.2, 0) is 13.0 Å². The fourth-order valence-corrected chi connectivity index (χ4v) is 2.85. The fourth-order valence-electron chi connectivity index (χ4n) is 2.85. The minimum Gasteiger partial charge on any atom is -0.327 e. The summed E-state index contributed by atoms with van der Waals surface area (Å²) in [5, 5.41) is 4.30. The van der Waals surface area contributed by atoms with Crippen molar-refractivity contribution >= 4 is 0 Å². The van der Waals surface area contributed by atoms with Gasteiger partial charge in [-0.1, -0.05) is 27.7 Å². The Labute approximate surface area is 105 Å². The zero-order valence-electron chi connectivity index (χ0n) is 11.9. The van der Waals surface area contributed by atoms with E-state index in [1.807, 2.05) is 10.9 Å². The van der Waals surface area contributed by atoms with Gasteiger partial charge in [-0.15, -0.1) is 0 Å². The van der Waals surface area contributed by atoms with Gasteiger partial charge >= 0.3 is 0 Å². The number of nitrogens with zero attached hydrogens (tertiary/aromatic N) is 2. The number of rotatable bonds is 6. The van der Waals surface area contributed by atoms with Gasteiger partial charge in [0.2, 0.25) is 0 Å². The lowest BCUT2D eigenvalue weighted by atomic mass is 9.78. The summed E-state index contributed by atoms with van der Waals surface area (Å²) in [7, 11) is 0. The molecule has 1 heterocycles. The lowest BCUT2D eigenvalue weighted by Crippen LogP contribution is -2.38. The standard InChI is InChI=1S/C14H27N3/c1-6-17-9-12(8-16-17)7-13(15)14(10(2)3)11(4)5/h8-11,13-14H,6-7,15H2,1-5H3. The Balaban J connectivity index is 2.66. The van der Waals surface area contributed by atoms with E-state index in [4.69, 9.17) is 5.73 Å². The molecule has 0 fully saturated rings. The van der Waals surface area contributed by atoms with Crippen LogP contribution in [-0.4, -0.2) is 15.8 Å². The molecule has 1 aromatic rings. The molecular formula is C14H27N3. The van der Waals surface area contributed by atoms with Crippen LogP contribution in [0.25, 0.3) is 0 Å². The number of aromatic nitrogens is 2.